The van der Waals surface area contributed by atoms with Crippen LogP contribution in [0.3, 0.4) is 0 Å². The minimum Gasteiger partial charge on any atom is -0.383 e. The normalized spacial score (nSPS) is 17.3. The number of guanidine groups is 1. The molecule has 0 amide bonds. The van der Waals surface area contributed by atoms with Crippen LogP contribution < -0.4 is 5.73 Å². The molecule has 0 aliphatic carbocycles. The number of nitrogens with zero attached hydrogens (tertiary/aromatic N) is 2. The summed E-state index contributed by atoms with van der Waals surface area (Å²) in [7, 11) is 0. The lowest BCUT2D eigenvalue weighted by Crippen LogP contribution is -2.42. The Morgan fingerprint density at radius 1 is 0.962 bits per heavy atom. The van der Waals surface area contributed by atoms with Gasteiger partial charge in [0.2, 0.25) is 0 Å². The van der Waals surface area contributed by atoms with Gasteiger partial charge < -0.3 is 15.7 Å². The van der Waals surface area contributed by atoms with Crippen LogP contribution in [0.15, 0.2) is 65.7 Å². The lowest BCUT2D eigenvalue weighted by atomic mass is 9.87. The van der Waals surface area contributed by atoms with E-state index in [1.807, 2.05) is 60.7 Å². The Balaban J connectivity index is 0.00000243. The number of hydrogen-bond acceptors (Lipinski definition) is 2. The average molecular weight is 465 g/mol. The van der Waals surface area contributed by atoms with Crippen LogP contribution in [0.1, 0.15) is 30.4 Å². The van der Waals surface area contributed by atoms with Crippen molar-refractivity contribution < 1.29 is 5.11 Å². The predicted octanol–water partition coefficient (Wildman–Crippen LogP) is 3.54. The Bertz CT molecular complexity index is 687. The molecule has 140 valence electrons. The third kappa shape index (κ3) is 5.45. The quantitative estimate of drug-likeness (QED) is 0.404. The van der Waals surface area contributed by atoms with E-state index in [1.165, 1.54) is 6.42 Å². The molecule has 1 heterocycles. The molecule has 2 aromatic carbocycles. The minimum absolute atomic E-state index is 0. The van der Waals surface area contributed by atoms with Gasteiger partial charge in [-0.3, -0.25) is 0 Å². The van der Waals surface area contributed by atoms with Crippen molar-refractivity contribution in [3.8, 4) is 0 Å². The van der Waals surface area contributed by atoms with Gasteiger partial charge in [-0.25, -0.2) is 4.99 Å². The summed E-state index contributed by atoms with van der Waals surface area (Å²) >= 11 is 0. The lowest BCUT2D eigenvalue weighted by Gasteiger charge is -2.30. The lowest BCUT2D eigenvalue weighted by molar-refractivity contribution is 0.0465. The second-order valence-electron chi connectivity index (χ2n) is 6.78. The third-order valence-electron chi connectivity index (χ3n) is 4.83. The van der Waals surface area contributed by atoms with E-state index in [0.717, 1.165) is 37.1 Å². The molecule has 26 heavy (non-hydrogen) atoms. The van der Waals surface area contributed by atoms with Gasteiger partial charge in [0.1, 0.15) is 5.60 Å². The second-order valence-corrected chi connectivity index (χ2v) is 6.78. The zero-order valence-corrected chi connectivity index (χ0v) is 17.4. The fraction of sp³-hybridized carbons (Fsp3) is 0.381. The van der Waals surface area contributed by atoms with E-state index in [1.54, 1.807) is 0 Å². The molecule has 1 atom stereocenters. The van der Waals surface area contributed by atoms with E-state index in [-0.39, 0.29) is 30.5 Å². The van der Waals surface area contributed by atoms with Crippen LogP contribution in [-0.4, -0.2) is 35.6 Å². The maximum Gasteiger partial charge on any atom is 0.191 e. The number of benzene rings is 2. The van der Waals surface area contributed by atoms with E-state index in [0.29, 0.717) is 12.4 Å². The number of aliphatic hydroxyl groups is 1. The number of aliphatic imine (C=N–C) groups is 1. The molecule has 0 saturated carbocycles. The van der Waals surface area contributed by atoms with Crippen molar-refractivity contribution in [3.05, 3.63) is 71.8 Å². The highest BCUT2D eigenvalue weighted by Crippen LogP contribution is 2.26. The van der Waals surface area contributed by atoms with Crippen molar-refractivity contribution in [2.75, 3.05) is 19.6 Å². The highest BCUT2D eigenvalue weighted by Gasteiger charge is 2.30. The highest BCUT2D eigenvalue weighted by molar-refractivity contribution is 14.0. The van der Waals surface area contributed by atoms with E-state index < -0.39 is 5.60 Å². The highest BCUT2D eigenvalue weighted by atomic mass is 127. The fourth-order valence-electron chi connectivity index (χ4n) is 3.37. The smallest absolute Gasteiger partial charge is 0.191 e. The third-order valence-corrected chi connectivity index (χ3v) is 4.83. The summed E-state index contributed by atoms with van der Waals surface area (Å²) in [6.45, 7) is 2.17. The topological polar surface area (TPSA) is 61.9 Å². The molecule has 0 aromatic heterocycles. The number of hydrogen-bond donors (Lipinski definition) is 2. The molecule has 5 heteroatoms. The van der Waals surface area contributed by atoms with E-state index in [2.05, 4.69) is 9.89 Å². The van der Waals surface area contributed by atoms with Crippen molar-refractivity contribution in [1.82, 2.24) is 4.90 Å². The Morgan fingerprint density at radius 2 is 1.54 bits per heavy atom. The first-order valence-corrected chi connectivity index (χ1v) is 9.04. The molecule has 2 aromatic rings. The van der Waals surface area contributed by atoms with Crippen LogP contribution in [0.2, 0.25) is 0 Å². The van der Waals surface area contributed by atoms with Crippen LogP contribution in [0.4, 0.5) is 0 Å². The first kappa shape index (κ1) is 20.7. The molecule has 3 N–H and O–H groups in total. The Hall–Kier alpha value is -1.60. The Labute approximate surface area is 173 Å². The molecule has 0 spiro atoms. The molecule has 3 rings (SSSR count). The molecular weight excluding hydrogens is 437 g/mol. The average Bonchev–Trinajstić information content (AvgIpc) is 2.68. The standard InChI is InChI=1S/C21H27N3O.HI/c22-20(24-14-8-3-9-15-24)23-17-21(25,19-12-6-2-7-13-19)16-18-10-4-1-5-11-18;/h1-2,4-7,10-13,25H,3,8-9,14-17H2,(H2,22,23);1H. The molecule has 0 bridgehead atoms. The van der Waals surface area contributed by atoms with Gasteiger partial charge in [0, 0.05) is 19.5 Å². The number of nitrogens with two attached hydrogens (primary N) is 1. The number of piperidine rings is 1. The van der Waals surface area contributed by atoms with Gasteiger partial charge in [-0.1, -0.05) is 60.7 Å². The monoisotopic (exact) mass is 465 g/mol. The molecule has 1 aliphatic rings. The van der Waals surface area contributed by atoms with E-state index >= 15 is 0 Å². The SMILES string of the molecule is I.NC(=NCC(O)(Cc1ccccc1)c1ccccc1)N1CCCCC1. The van der Waals surface area contributed by atoms with E-state index in [9.17, 15) is 5.11 Å². The minimum atomic E-state index is -1.07. The molecular formula is C21H28IN3O. The maximum atomic E-state index is 11.4. The Morgan fingerprint density at radius 3 is 2.15 bits per heavy atom. The van der Waals surface area contributed by atoms with Crippen LogP contribution in [0, 0.1) is 0 Å². The summed E-state index contributed by atoms with van der Waals surface area (Å²) in [5, 5.41) is 11.4. The van der Waals surface area contributed by atoms with Gasteiger partial charge in [0.05, 0.1) is 6.54 Å². The van der Waals surface area contributed by atoms with Crippen molar-refractivity contribution in [2.24, 2.45) is 10.7 Å². The number of rotatable bonds is 5. The first-order chi connectivity index (χ1) is 12.2. The number of halogens is 1. The van der Waals surface area contributed by atoms with Crippen LogP contribution >= 0.6 is 24.0 Å². The zero-order chi connectivity index (χ0) is 17.5. The Kier molecular flexibility index (Phi) is 7.90. The molecule has 1 fully saturated rings. The summed E-state index contributed by atoms with van der Waals surface area (Å²) in [5.74, 6) is 0.544. The van der Waals surface area contributed by atoms with Gasteiger partial charge in [-0.05, 0) is 30.4 Å². The van der Waals surface area contributed by atoms with Crippen molar-refractivity contribution >= 4 is 29.9 Å². The van der Waals surface area contributed by atoms with Crippen molar-refractivity contribution in [1.29, 1.82) is 0 Å². The van der Waals surface area contributed by atoms with Gasteiger partial charge >= 0.3 is 0 Å². The molecule has 1 aliphatic heterocycles. The maximum absolute atomic E-state index is 11.4. The second kappa shape index (κ2) is 9.92. The summed E-state index contributed by atoms with van der Waals surface area (Å²) in [5.41, 5.74) is 7.08. The van der Waals surface area contributed by atoms with E-state index in [4.69, 9.17) is 5.73 Å². The van der Waals surface area contributed by atoms with Gasteiger partial charge in [-0.2, -0.15) is 0 Å². The molecule has 1 unspecified atom stereocenters. The fourth-order valence-corrected chi connectivity index (χ4v) is 3.37. The summed E-state index contributed by atoms with van der Waals surface area (Å²) in [6, 6.07) is 19.8. The van der Waals surface area contributed by atoms with Gasteiger partial charge in [0.25, 0.3) is 0 Å². The molecule has 4 nitrogen and oxygen atoms in total. The largest absolute Gasteiger partial charge is 0.383 e. The van der Waals surface area contributed by atoms with Crippen molar-refractivity contribution in [2.45, 2.75) is 31.3 Å². The zero-order valence-electron chi connectivity index (χ0n) is 15.1. The molecule has 1 saturated heterocycles. The predicted molar refractivity (Wildman–Crippen MR) is 118 cm³/mol. The van der Waals surface area contributed by atoms with Crippen LogP contribution in [-0.2, 0) is 12.0 Å². The van der Waals surface area contributed by atoms with Crippen LogP contribution in [0.25, 0.3) is 0 Å². The summed E-state index contributed by atoms with van der Waals surface area (Å²) in [4.78, 5) is 6.69. The first-order valence-electron chi connectivity index (χ1n) is 9.04. The van der Waals surface area contributed by atoms with Gasteiger partial charge in [-0.15, -0.1) is 24.0 Å². The van der Waals surface area contributed by atoms with Crippen molar-refractivity contribution in [3.63, 3.8) is 0 Å². The number of likely N-dealkylation sites (tertiary alicyclic amines) is 1. The summed E-state index contributed by atoms with van der Waals surface area (Å²) < 4.78 is 0. The summed E-state index contributed by atoms with van der Waals surface area (Å²) in [6.07, 6.45) is 4.08. The van der Waals surface area contributed by atoms with Crippen LogP contribution in [0.5, 0.6) is 0 Å². The molecule has 0 radical (unpaired) electrons. The van der Waals surface area contributed by atoms with Gasteiger partial charge in [0.15, 0.2) is 5.96 Å².